The van der Waals surface area contributed by atoms with E-state index in [4.69, 9.17) is 4.74 Å². The molecule has 3 aromatic rings. The molecule has 1 atom stereocenters. The van der Waals surface area contributed by atoms with E-state index in [0.29, 0.717) is 11.4 Å². The van der Waals surface area contributed by atoms with Crippen molar-refractivity contribution < 1.29 is 14.8 Å². The molecule has 120 valence electrons. The first-order chi connectivity index (χ1) is 11.0. The molecule has 0 radical (unpaired) electrons. The Bertz CT molecular complexity index is 839. The van der Waals surface area contributed by atoms with Crippen LogP contribution in [0.3, 0.4) is 0 Å². The minimum atomic E-state index is -0.831. The molecular weight excluding hydrogens is 300 g/mol. The van der Waals surface area contributed by atoms with Crippen LogP contribution in [0.15, 0.2) is 36.5 Å². The van der Waals surface area contributed by atoms with Gasteiger partial charge in [-0.05, 0) is 30.0 Å². The summed E-state index contributed by atoms with van der Waals surface area (Å²) in [4.78, 5) is 13.2. The molecule has 23 heavy (non-hydrogen) atoms. The number of fused-ring (bicyclic) bond motifs is 1. The van der Waals surface area contributed by atoms with Gasteiger partial charge < -0.3 is 24.9 Å². The second-order valence-electron chi connectivity index (χ2n) is 5.24. The maximum absolute atomic E-state index is 10.7. The van der Waals surface area contributed by atoms with Crippen molar-refractivity contribution in [3.8, 4) is 5.75 Å². The van der Waals surface area contributed by atoms with Gasteiger partial charge in [0.15, 0.2) is 0 Å². The summed E-state index contributed by atoms with van der Waals surface area (Å²) in [5, 5.41) is 25.6. The van der Waals surface area contributed by atoms with Gasteiger partial charge in [-0.15, -0.1) is 0 Å². The summed E-state index contributed by atoms with van der Waals surface area (Å²) >= 11 is 0. The molecular formula is C15H16N4O4. The number of benzene rings is 1. The van der Waals surface area contributed by atoms with Crippen LogP contribution in [0.1, 0.15) is 5.69 Å². The van der Waals surface area contributed by atoms with Crippen LogP contribution in [0.2, 0.25) is 0 Å². The number of aliphatic hydroxyl groups excluding tert-OH is 1. The van der Waals surface area contributed by atoms with Crippen molar-refractivity contribution in [3.63, 3.8) is 0 Å². The number of nitro groups is 1. The zero-order chi connectivity index (χ0) is 16.4. The summed E-state index contributed by atoms with van der Waals surface area (Å²) in [5.74, 6) is 0.443. The molecule has 2 N–H and O–H groups in total. The van der Waals surface area contributed by atoms with Gasteiger partial charge in [0.1, 0.15) is 18.5 Å². The Balaban J connectivity index is 1.65. The smallest absolute Gasteiger partial charge is 0.390 e. The molecule has 3 rings (SSSR count). The van der Waals surface area contributed by atoms with Crippen LogP contribution < -0.4 is 4.74 Å². The molecule has 0 spiro atoms. The molecule has 0 unspecified atom stereocenters. The highest BCUT2D eigenvalue weighted by Crippen LogP contribution is 2.24. The summed E-state index contributed by atoms with van der Waals surface area (Å²) in [6, 6.07) is 8.89. The first kappa shape index (κ1) is 15.0. The van der Waals surface area contributed by atoms with Gasteiger partial charge in [-0.3, -0.25) is 0 Å². The number of aromatic amines is 1. The number of aromatic nitrogens is 3. The quantitative estimate of drug-likeness (QED) is 0.534. The minimum Gasteiger partial charge on any atom is -0.490 e. The normalized spacial score (nSPS) is 12.4. The fourth-order valence-corrected chi connectivity index (χ4v) is 2.39. The molecule has 1 aromatic carbocycles. The van der Waals surface area contributed by atoms with E-state index in [1.54, 1.807) is 6.92 Å². The fourth-order valence-electron chi connectivity index (χ4n) is 2.39. The number of hydrogen-bond acceptors (Lipinski definition) is 5. The number of aliphatic hydroxyl groups is 1. The maximum atomic E-state index is 10.7. The predicted molar refractivity (Wildman–Crippen MR) is 83.4 cm³/mol. The Morgan fingerprint density at radius 3 is 3.04 bits per heavy atom. The first-order valence-corrected chi connectivity index (χ1v) is 7.10. The highest BCUT2D eigenvalue weighted by Gasteiger charge is 2.18. The Labute approximate surface area is 131 Å². The Morgan fingerprint density at radius 1 is 1.48 bits per heavy atom. The van der Waals surface area contributed by atoms with Crippen molar-refractivity contribution in [2.75, 3.05) is 6.61 Å². The summed E-state index contributed by atoms with van der Waals surface area (Å²) < 4.78 is 7.07. The van der Waals surface area contributed by atoms with Crippen LogP contribution in [0.5, 0.6) is 5.75 Å². The Hall–Kier alpha value is -2.87. The number of H-pyrrole nitrogens is 1. The van der Waals surface area contributed by atoms with Gasteiger partial charge in [0.05, 0.1) is 23.4 Å². The minimum absolute atomic E-state index is 0.0669. The van der Waals surface area contributed by atoms with E-state index in [2.05, 4.69) is 10.1 Å². The summed E-state index contributed by atoms with van der Waals surface area (Å²) in [6.07, 6.45) is 0.989. The van der Waals surface area contributed by atoms with Gasteiger partial charge in [-0.2, -0.15) is 4.68 Å². The number of ether oxygens (including phenoxy) is 1. The number of rotatable bonds is 6. The summed E-state index contributed by atoms with van der Waals surface area (Å²) in [5.41, 5.74) is 1.57. The average molecular weight is 316 g/mol. The lowest BCUT2D eigenvalue weighted by molar-refractivity contribution is -0.389. The maximum Gasteiger partial charge on any atom is 0.390 e. The van der Waals surface area contributed by atoms with E-state index in [1.165, 1.54) is 10.7 Å². The summed E-state index contributed by atoms with van der Waals surface area (Å²) in [6.45, 7) is 1.90. The number of hydrogen-bond donors (Lipinski definition) is 2. The van der Waals surface area contributed by atoms with Gasteiger partial charge in [-0.1, -0.05) is 6.07 Å². The van der Waals surface area contributed by atoms with Crippen LogP contribution >= 0.6 is 0 Å². The molecule has 0 amide bonds. The largest absolute Gasteiger partial charge is 0.490 e. The molecule has 2 aromatic heterocycles. The van der Waals surface area contributed by atoms with Gasteiger partial charge in [-0.25, -0.2) is 0 Å². The number of aryl methyl sites for hydroxylation is 1. The monoisotopic (exact) mass is 316 g/mol. The van der Waals surface area contributed by atoms with E-state index < -0.39 is 11.0 Å². The molecule has 8 heteroatoms. The average Bonchev–Trinajstić information content (AvgIpc) is 3.12. The van der Waals surface area contributed by atoms with E-state index in [0.717, 1.165) is 10.9 Å². The zero-order valence-electron chi connectivity index (χ0n) is 12.5. The molecule has 0 bridgehead atoms. The standard InChI is InChI=1S/C15H16N4O4/c1-10-7-15(19(21)22)17-18(10)8-11(20)9-23-14-4-2-3-13-12(14)5-6-16-13/h2-7,11,16,20H,8-9H2,1H3/t11-/m1/s1. The molecule has 2 heterocycles. The van der Waals surface area contributed by atoms with Crippen molar-refractivity contribution in [3.05, 3.63) is 52.3 Å². The third kappa shape index (κ3) is 3.16. The molecule has 0 aliphatic carbocycles. The van der Waals surface area contributed by atoms with Gasteiger partial charge in [0.2, 0.25) is 0 Å². The topological polar surface area (TPSA) is 106 Å². The van der Waals surface area contributed by atoms with Gasteiger partial charge >= 0.3 is 5.82 Å². The Kier molecular flexibility index (Phi) is 3.98. The van der Waals surface area contributed by atoms with Crippen LogP contribution in [-0.2, 0) is 6.54 Å². The zero-order valence-corrected chi connectivity index (χ0v) is 12.5. The van der Waals surface area contributed by atoms with E-state index >= 15 is 0 Å². The van der Waals surface area contributed by atoms with Gasteiger partial charge in [0.25, 0.3) is 0 Å². The van der Waals surface area contributed by atoms with Crippen molar-refractivity contribution in [2.45, 2.75) is 19.6 Å². The SMILES string of the molecule is Cc1cc([N+](=O)[O-])nn1C[C@@H](O)COc1cccc2[nH]ccc12. The van der Waals surface area contributed by atoms with Crippen LogP contribution in [0.25, 0.3) is 10.9 Å². The third-order valence-corrected chi connectivity index (χ3v) is 3.53. The molecule has 0 aliphatic heterocycles. The second-order valence-corrected chi connectivity index (χ2v) is 5.24. The van der Waals surface area contributed by atoms with Crippen molar-refractivity contribution >= 4 is 16.7 Å². The van der Waals surface area contributed by atoms with Crippen molar-refractivity contribution in [1.29, 1.82) is 0 Å². The third-order valence-electron chi connectivity index (χ3n) is 3.53. The molecule has 0 fully saturated rings. The lowest BCUT2D eigenvalue weighted by Gasteiger charge is -2.12. The van der Waals surface area contributed by atoms with Crippen molar-refractivity contribution in [1.82, 2.24) is 14.8 Å². The molecule has 0 saturated heterocycles. The molecule has 8 nitrogen and oxygen atoms in total. The fraction of sp³-hybridized carbons (Fsp3) is 0.267. The van der Waals surface area contributed by atoms with E-state index in [1.807, 2.05) is 30.5 Å². The first-order valence-electron chi connectivity index (χ1n) is 7.10. The second kappa shape index (κ2) is 6.09. The number of nitrogens with zero attached hydrogens (tertiary/aromatic N) is 3. The molecule has 0 saturated carbocycles. The summed E-state index contributed by atoms with van der Waals surface area (Å²) in [7, 11) is 0. The Morgan fingerprint density at radius 2 is 2.30 bits per heavy atom. The van der Waals surface area contributed by atoms with Crippen LogP contribution in [-0.4, -0.2) is 37.5 Å². The van der Waals surface area contributed by atoms with Crippen LogP contribution in [0.4, 0.5) is 5.82 Å². The predicted octanol–water partition coefficient (Wildman–Crippen LogP) is 2.02. The molecule has 0 aliphatic rings. The highest BCUT2D eigenvalue weighted by molar-refractivity contribution is 5.85. The lowest BCUT2D eigenvalue weighted by atomic mass is 10.2. The van der Waals surface area contributed by atoms with Gasteiger partial charge in [0, 0.05) is 17.1 Å². The van der Waals surface area contributed by atoms with E-state index in [9.17, 15) is 15.2 Å². The highest BCUT2D eigenvalue weighted by atomic mass is 16.6. The lowest BCUT2D eigenvalue weighted by Crippen LogP contribution is -2.24. The van der Waals surface area contributed by atoms with E-state index in [-0.39, 0.29) is 19.0 Å². The number of nitrogens with one attached hydrogen (secondary N) is 1. The van der Waals surface area contributed by atoms with Crippen molar-refractivity contribution in [2.24, 2.45) is 0 Å². The van der Waals surface area contributed by atoms with Crippen LogP contribution in [0, 0.1) is 17.0 Å².